The summed E-state index contributed by atoms with van der Waals surface area (Å²) in [5.74, 6) is 0.547. The number of aliphatic hydroxyl groups excluding tert-OH is 14. The van der Waals surface area contributed by atoms with Crippen LogP contribution in [0.1, 0.15) is 25.7 Å². The van der Waals surface area contributed by atoms with Crippen molar-refractivity contribution in [2.45, 2.75) is 148 Å². The lowest BCUT2D eigenvalue weighted by molar-refractivity contribution is -0.323. The number of fused-ring (bicyclic) bond motifs is 7. The van der Waals surface area contributed by atoms with Crippen LogP contribution in [0.4, 0.5) is 0 Å². The zero-order chi connectivity index (χ0) is 45.3. The van der Waals surface area contributed by atoms with Gasteiger partial charge in [0.25, 0.3) is 0 Å². The molecule has 0 spiro atoms. The first-order chi connectivity index (χ1) is 29.6. The maximum Gasteiger partial charge on any atom is 0.186 e. The highest BCUT2D eigenvalue weighted by molar-refractivity contribution is 7.99. The lowest BCUT2D eigenvalue weighted by Crippen LogP contribution is -2.66. The maximum atomic E-state index is 10.9. The molecule has 0 radical (unpaired) electrons. The number of ether oxygens (including phenoxy) is 8. The van der Waals surface area contributed by atoms with Crippen molar-refractivity contribution in [2.24, 2.45) is 5.92 Å². The molecule has 0 aromatic rings. The zero-order valence-electron chi connectivity index (χ0n) is 33.8. The van der Waals surface area contributed by atoms with E-state index in [0.717, 1.165) is 19.3 Å². The van der Waals surface area contributed by atoms with Crippen LogP contribution in [0, 0.1) is 5.92 Å². The molecule has 6 aliphatic rings. The molecule has 24 nitrogen and oxygen atoms in total. The van der Waals surface area contributed by atoms with E-state index in [4.69, 9.17) is 50.1 Å². The summed E-state index contributed by atoms with van der Waals surface area (Å²) in [6.45, 7) is -3.84. The van der Waals surface area contributed by atoms with Gasteiger partial charge in [0, 0.05) is 30.6 Å². The summed E-state index contributed by atoms with van der Waals surface area (Å²) < 4.78 is 46.0. The summed E-state index contributed by atoms with van der Waals surface area (Å²) in [5.41, 5.74) is -1.88. The first kappa shape index (κ1) is 52.1. The van der Waals surface area contributed by atoms with Crippen LogP contribution in [0.25, 0.3) is 0 Å². The van der Waals surface area contributed by atoms with Gasteiger partial charge in [-0.2, -0.15) is 11.8 Å². The Morgan fingerprint density at radius 1 is 0.565 bits per heavy atom. The van der Waals surface area contributed by atoms with Crippen LogP contribution in [0.15, 0.2) is 0 Å². The molecule has 0 aromatic heterocycles. The first-order valence-electron chi connectivity index (χ1n) is 20.6. The molecule has 6 saturated heterocycles. The molecule has 362 valence electrons. The molecule has 62 heavy (non-hydrogen) atoms. The minimum Gasteiger partial charge on any atom is -0.394 e. The molecule has 20 atom stereocenters. The van der Waals surface area contributed by atoms with Crippen molar-refractivity contribution >= 4 is 29.1 Å². The predicted octanol–water partition coefficient (Wildman–Crippen LogP) is -7.97. The number of aliphatic hydroxyl groups is 14. The van der Waals surface area contributed by atoms with E-state index in [0.29, 0.717) is 24.5 Å². The number of hydrogen-bond acceptors (Lipinski definition) is 24. The van der Waals surface area contributed by atoms with Crippen molar-refractivity contribution in [3.8, 4) is 0 Å². The molecule has 26 heteroatoms. The summed E-state index contributed by atoms with van der Waals surface area (Å²) in [7, 11) is 0. The quantitative estimate of drug-likeness (QED) is 0.0448. The van der Waals surface area contributed by atoms with Gasteiger partial charge in [0.1, 0.15) is 84.9 Å². The highest BCUT2D eigenvalue weighted by Gasteiger charge is 2.50. The third kappa shape index (κ3) is 12.8. The molecule has 6 rings (SSSR count). The number of rotatable bonds is 18. The second kappa shape index (κ2) is 24.3. The second-order valence-corrected chi connectivity index (χ2v) is 17.7. The van der Waals surface area contributed by atoms with Gasteiger partial charge in [-0.25, -0.2) is 0 Å². The summed E-state index contributed by atoms with van der Waals surface area (Å²) >= 11 is 7.11. The van der Waals surface area contributed by atoms with E-state index in [1.54, 1.807) is 0 Å². The van der Waals surface area contributed by atoms with Gasteiger partial charge in [0.15, 0.2) is 30.3 Å². The smallest absolute Gasteiger partial charge is 0.186 e. The zero-order valence-corrected chi connectivity index (χ0v) is 35.4. The van der Waals surface area contributed by atoms with Crippen molar-refractivity contribution in [3.05, 3.63) is 0 Å². The summed E-state index contributed by atoms with van der Waals surface area (Å²) in [6.07, 6.45) is -26.1. The van der Waals surface area contributed by atoms with Crippen molar-refractivity contribution in [1.82, 2.24) is 10.6 Å². The highest BCUT2D eigenvalue weighted by Crippen LogP contribution is 2.34. The Bertz CT molecular complexity index is 1250. The van der Waals surface area contributed by atoms with Crippen LogP contribution in [-0.4, -0.2) is 263 Å². The van der Waals surface area contributed by atoms with Crippen LogP contribution < -0.4 is 10.6 Å². The molecule has 9 unspecified atom stereocenters. The summed E-state index contributed by atoms with van der Waals surface area (Å²) in [4.78, 5) is 0. The lowest BCUT2D eigenvalue weighted by Gasteiger charge is -2.45. The number of nitrogens with one attached hydrogen (secondary N) is 2. The minimum absolute atomic E-state index is 0.0984. The lowest BCUT2D eigenvalue weighted by atomic mass is 9.85. The maximum absolute atomic E-state index is 10.9. The van der Waals surface area contributed by atoms with Crippen LogP contribution >= 0.6 is 24.0 Å². The van der Waals surface area contributed by atoms with E-state index in [9.17, 15) is 71.5 Å². The van der Waals surface area contributed by atoms with E-state index < -0.39 is 162 Å². The Hall–Kier alpha value is -0.840. The van der Waals surface area contributed by atoms with Crippen LogP contribution in [0.5, 0.6) is 0 Å². The van der Waals surface area contributed by atoms with Gasteiger partial charge in [0.2, 0.25) is 0 Å². The Morgan fingerprint density at radius 2 is 1.03 bits per heavy atom. The molecule has 16 N–H and O–H groups in total. The van der Waals surface area contributed by atoms with Gasteiger partial charge in [0.05, 0.1) is 51.8 Å². The fourth-order valence-electron chi connectivity index (χ4n) is 7.80. The molecular weight excluding hydrogens is 877 g/mol. The highest BCUT2D eigenvalue weighted by atomic mass is 32.2. The van der Waals surface area contributed by atoms with Gasteiger partial charge in [-0.3, -0.25) is 0 Å². The first-order valence-corrected chi connectivity index (χ1v) is 22.2. The van der Waals surface area contributed by atoms with Gasteiger partial charge in [-0.05, 0) is 25.1 Å². The average Bonchev–Trinajstić information content (AvgIpc) is 3.26. The molecular formula is C36H64N2O22S2. The second-order valence-electron chi connectivity index (χ2n) is 16.2. The summed E-state index contributed by atoms with van der Waals surface area (Å²) in [5, 5.41) is 151. The predicted molar refractivity (Wildman–Crippen MR) is 212 cm³/mol. The minimum atomic E-state index is -1.88. The van der Waals surface area contributed by atoms with E-state index >= 15 is 0 Å². The molecule has 2 bridgehead atoms. The third-order valence-electron chi connectivity index (χ3n) is 11.6. The largest absolute Gasteiger partial charge is 0.394 e. The Labute approximate surface area is 366 Å². The van der Waals surface area contributed by atoms with E-state index in [2.05, 4.69) is 10.6 Å². The number of thioether (sulfide) groups is 1. The number of thiocarbonyl (C=S) groups is 1. The Balaban J connectivity index is 1.33. The molecule has 6 fully saturated rings. The van der Waals surface area contributed by atoms with Crippen molar-refractivity contribution in [3.63, 3.8) is 0 Å². The monoisotopic (exact) mass is 940 g/mol. The van der Waals surface area contributed by atoms with Gasteiger partial charge in [-0.15, -0.1) is 0 Å². The van der Waals surface area contributed by atoms with Gasteiger partial charge in [-0.1, -0.05) is 12.8 Å². The Kier molecular flexibility index (Phi) is 20.4. The van der Waals surface area contributed by atoms with Crippen LogP contribution in [0.3, 0.4) is 0 Å². The topological polar surface area (TPSA) is 381 Å². The fraction of sp³-hybridized carbons (Fsp3) is 0.972. The van der Waals surface area contributed by atoms with Crippen LogP contribution in [-0.2, 0) is 37.9 Å². The van der Waals surface area contributed by atoms with E-state index in [1.807, 2.05) is 0 Å². The average molecular weight is 941 g/mol. The number of hydrogen-bond donors (Lipinski definition) is 16. The van der Waals surface area contributed by atoms with E-state index in [-0.39, 0.29) is 17.6 Å². The van der Waals surface area contributed by atoms with Crippen LogP contribution in [0.2, 0.25) is 0 Å². The molecule has 0 aromatic carbocycles. The van der Waals surface area contributed by atoms with Crippen molar-refractivity contribution in [2.75, 3.05) is 64.3 Å². The third-order valence-corrected chi connectivity index (χ3v) is 12.9. The standard InChI is InChI=1S/C36H64N2O22S2/c39-8-16-21(43)24(46)28(50)32(57-16)54-12-36(13-55-33-29(51)25(47)22(44)17(9-40)58-33,14-56-34-30(52)26(48)23(45)18(10-41)59-34)38-35(61)37-5-7-62-11-19-15-4-2-1-3-6-53-31(60-19)27(49)20(15)42/h15-34,39-52H,1-14H2,(H2,37,38,61)/t15?,16?,17?,18?,19?,20-,21+,22+,23+,24-,25-,26-,27?,28?,29?,30?,31-,32-,33-,34-,36?/m0/s1. The normalized spacial score (nSPS) is 44.0. The molecule has 6 heterocycles. The van der Waals surface area contributed by atoms with Crippen molar-refractivity contribution < 1.29 is 109 Å². The summed E-state index contributed by atoms with van der Waals surface area (Å²) in [6, 6.07) is 0. The van der Waals surface area contributed by atoms with E-state index in [1.165, 1.54) is 11.8 Å². The van der Waals surface area contributed by atoms with Gasteiger partial charge < -0.3 is 120 Å². The molecule has 0 saturated carbocycles. The van der Waals surface area contributed by atoms with Crippen molar-refractivity contribution in [1.29, 1.82) is 0 Å². The van der Waals surface area contributed by atoms with Gasteiger partial charge >= 0.3 is 0 Å². The molecule has 0 aliphatic carbocycles. The fourth-order valence-corrected chi connectivity index (χ4v) is 9.09. The molecule has 0 amide bonds. The molecule has 6 aliphatic heterocycles. The Morgan fingerprint density at radius 3 is 1.48 bits per heavy atom. The SMILES string of the molecule is OCC1O[C@H](OCC(CO[C@H]2OC(CO)[C@@H](O)[C@H](O)C2O)(CO[C@H]2OC(CO)[C@@H](O)[C@H](O)C2O)NC(=S)NCCSCC2O[C@@H]3OCCCCCC2[C@H](O)C3O)C(O)[C@@H](O)[C@@H]1O.